The van der Waals surface area contributed by atoms with Gasteiger partial charge in [-0.05, 0) is 71.3 Å². The molecule has 0 bridgehead atoms. The molecule has 0 aliphatic rings. The second kappa shape index (κ2) is 13.0. The van der Waals surface area contributed by atoms with Crippen LogP contribution in [0.25, 0.3) is 0 Å². The average Bonchev–Trinajstić information content (AvgIpc) is 2.39. The van der Waals surface area contributed by atoms with E-state index in [1.165, 1.54) is 6.42 Å². The van der Waals surface area contributed by atoms with Gasteiger partial charge in [0, 0.05) is 13.6 Å². The number of thiocarbonyl (C=S) groups is 1. The maximum Gasteiger partial charge on any atom is 0.166 e. The number of hydrogen-bond acceptors (Lipinski definition) is 4. The molecule has 0 atom stereocenters. The van der Waals surface area contributed by atoms with E-state index < -0.39 is 0 Å². The number of nitrogens with two attached hydrogens (primary N) is 1. The third kappa shape index (κ3) is 10.7. The molecule has 0 rings (SSSR count). The quantitative estimate of drug-likeness (QED) is 0.308. The Morgan fingerprint density at radius 2 is 1.67 bits per heavy atom. The summed E-state index contributed by atoms with van der Waals surface area (Å²) in [4.78, 5) is 2.48. The van der Waals surface area contributed by atoms with Crippen LogP contribution < -0.4 is 21.7 Å². The highest BCUT2D eigenvalue weighted by Crippen LogP contribution is 1.95. The van der Waals surface area contributed by atoms with Crippen LogP contribution >= 0.6 is 12.2 Å². The number of hydrogen-bond donors (Lipinski definition) is 4. The molecule has 0 aromatic carbocycles. The van der Waals surface area contributed by atoms with Crippen LogP contribution in [0.5, 0.6) is 0 Å². The fourth-order valence-corrected chi connectivity index (χ4v) is 1.82. The van der Waals surface area contributed by atoms with E-state index in [4.69, 9.17) is 18.0 Å². The summed E-state index contributed by atoms with van der Waals surface area (Å²) in [5, 5.41) is 9.98. The summed E-state index contributed by atoms with van der Waals surface area (Å²) in [5.74, 6) is 0. The van der Waals surface area contributed by atoms with Gasteiger partial charge in [0.25, 0.3) is 0 Å². The molecule has 0 aliphatic carbocycles. The van der Waals surface area contributed by atoms with Crippen molar-refractivity contribution >= 4 is 17.3 Å². The molecule has 18 heavy (non-hydrogen) atoms. The lowest BCUT2D eigenvalue weighted by molar-refractivity contribution is 0.265. The molecule has 0 unspecified atom stereocenters. The van der Waals surface area contributed by atoms with Crippen LogP contribution in [0.1, 0.15) is 19.3 Å². The molecule has 5 nitrogen and oxygen atoms in total. The van der Waals surface area contributed by atoms with E-state index in [9.17, 15) is 0 Å². The van der Waals surface area contributed by atoms with Gasteiger partial charge in [0.05, 0.1) is 0 Å². The largest absolute Gasteiger partial charge is 0.366 e. The molecule has 0 saturated heterocycles. The first kappa shape index (κ1) is 17.6. The van der Waals surface area contributed by atoms with Crippen LogP contribution in [0.15, 0.2) is 0 Å². The normalized spacial score (nSPS) is 10.7. The van der Waals surface area contributed by atoms with Crippen LogP contribution in [-0.2, 0) is 0 Å². The monoisotopic (exact) mass is 275 g/mol. The summed E-state index contributed by atoms with van der Waals surface area (Å²) in [6, 6.07) is 0. The molecule has 108 valence electrons. The summed E-state index contributed by atoms with van der Waals surface area (Å²) < 4.78 is 0. The van der Waals surface area contributed by atoms with E-state index in [0.717, 1.165) is 57.2 Å². The predicted octanol–water partition coefficient (Wildman–Crippen LogP) is -0.269. The molecule has 0 amide bonds. The van der Waals surface area contributed by atoms with Gasteiger partial charge in [-0.25, -0.2) is 0 Å². The van der Waals surface area contributed by atoms with Crippen LogP contribution in [0.2, 0.25) is 0 Å². The van der Waals surface area contributed by atoms with Crippen molar-refractivity contribution in [2.45, 2.75) is 19.3 Å². The van der Waals surface area contributed by atoms with Gasteiger partial charge >= 0.3 is 0 Å². The van der Waals surface area contributed by atoms with Gasteiger partial charge in [0.15, 0.2) is 5.11 Å². The van der Waals surface area contributed by atoms with Crippen LogP contribution in [-0.4, -0.2) is 63.4 Å². The van der Waals surface area contributed by atoms with Crippen molar-refractivity contribution in [1.82, 2.24) is 20.9 Å². The lowest BCUT2D eigenvalue weighted by Crippen LogP contribution is -2.36. The van der Waals surface area contributed by atoms with Crippen molar-refractivity contribution in [3.8, 4) is 0 Å². The van der Waals surface area contributed by atoms with Crippen molar-refractivity contribution < 1.29 is 0 Å². The van der Waals surface area contributed by atoms with Gasteiger partial charge in [-0.1, -0.05) is 0 Å². The van der Waals surface area contributed by atoms with Gasteiger partial charge in [0.2, 0.25) is 0 Å². The Kier molecular flexibility index (Phi) is 12.7. The zero-order valence-electron chi connectivity index (χ0n) is 11.8. The first-order chi connectivity index (χ1) is 8.74. The lowest BCUT2D eigenvalue weighted by Gasteiger charge is -2.22. The summed E-state index contributed by atoms with van der Waals surface area (Å²) in [7, 11) is 3.83. The van der Waals surface area contributed by atoms with Crippen molar-refractivity contribution in [2.75, 3.05) is 53.4 Å². The summed E-state index contributed by atoms with van der Waals surface area (Å²) >= 11 is 5.03. The Bertz CT molecular complexity index is 201. The third-order valence-corrected chi connectivity index (χ3v) is 3.09. The second-order valence-electron chi connectivity index (χ2n) is 4.30. The van der Waals surface area contributed by atoms with Gasteiger partial charge in [-0.15, -0.1) is 0 Å². The molecule has 0 aromatic rings. The number of rotatable bonds is 11. The minimum absolute atomic E-state index is 0.721. The second-order valence-corrected chi connectivity index (χ2v) is 4.71. The van der Waals surface area contributed by atoms with E-state index in [0.29, 0.717) is 0 Å². The zero-order chi connectivity index (χ0) is 13.6. The summed E-state index contributed by atoms with van der Waals surface area (Å²) in [6.07, 6.45) is 3.36. The molecule has 6 heteroatoms. The maximum atomic E-state index is 5.57. The Morgan fingerprint density at radius 1 is 1.06 bits per heavy atom. The molecule has 0 spiro atoms. The number of nitrogens with zero attached hydrogens (tertiary/aromatic N) is 1. The predicted molar refractivity (Wildman–Crippen MR) is 82.9 cm³/mol. The molecule has 0 heterocycles. The topological polar surface area (TPSA) is 65.3 Å². The van der Waals surface area contributed by atoms with Crippen LogP contribution in [0, 0.1) is 0 Å². The highest BCUT2D eigenvalue weighted by molar-refractivity contribution is 7.80. The fourth-order valence-electron chi connectivity index (χ4n) is 1.72. The molecule has 0 saturated carbocycles. The van der Waals surface area contributed by atoms with Gasteiger partial charge < -0.3 is 26.6 Å². The number of nitrogens with one attached hydrogen (secondary N) is 3. The first-order valence-corrected chi connectivity index (χ1v) is 7.18. The van der Waals surface area contributed by atoms with E-state index in [1.807, 2.05) is 14.1 Å². The minimum Gasteiger partial charge on any atom is -0.366 e. The average molecular weight is 275 g/mol. The Labute approximate surface area is 117 Å². The zero-order valence-corrected chi connectivity index (χ0v) is 12.6. The van der Waals surface area contributed by atoms with Gasteiger partial charge in [0.1, 0.15) is 0 Å². The van der Waals surface area contributed by atoms with E-state index in [-0.39, 0.29) is 0 Å². The smallest absolute Gasteiger partial charge is 0.166 e. The van der Waals surface area contributed by atoms with Crippen molar-refractivity contribution in [1.29, 1.82) is 0 Å². The van der Waals surface area contributed by atoms with Gasteiger partial charge in [-0.3, -0.25) is 0 Å². The SMILES string of the molecule is CNCCCN(CCCN)CCCNC(=S)NC. The molecule has 5 N–H and O–H groups in total. The van der Waals surface area contributed by atoms with Crippen molar-refractivity contribution in [3.63, 3.8) is 0 Å². The Hall–Kier alpha value is -0.430. The standard InChI is InChI=1S/C12H29N5S/c1-14-7-4-10-17(9-3-6-13)11-5-8-16-12(18)15-2/h14H,3-11,13H2,1-2H3,(H2,15,16,18). The highest BCUT2D eigenvalue weighted by atomic mass is 32.1. The molecule has 0 radical (unpaired) electrons. The minimum atomic E-state index is 0.721. The fraction of sp³-hybridized carbons (Fsp3) is 0.917. The van der Waals surface area contributed by atoms with Gasteiger partial charge in [-0.2, -0.15) is 0 Å². The summed E-state index contributed by atoms with van der Waals surface area (Å²) in [5.41, 5.74) is 5.57. The maximum absolute atomic E-state index is 5.57. The Balaban J connectivity index is 3.67. The first-order valence-electron chi connectivity index (χ1n) is 6.77. The Morgan fingerprint density at radius 3 is 2.22 bits per heavy atom. The molecule has 0 aliphatic heterocycles. The van der Waals surface area contributed by atoms with E-state index >= 15 is 0 Å². The van der Waals surface area contributed by atoms with E-state index in [2.05, 4.69) is 20.9 Å². The van der Waals surface area contributed by atoms with Crippen LogP contribution in [0.4, 0.5) is 0 Å². The highest BCUT2D eigenvalue weighted by Gasteiger charge is 2.03. The molecular weight excluding hydrogens is 246 g/mol. The van der Waals surface area contributed by atoms with Crippen LogP contribution in [0.3, 0.4) is 0 Å². The van der Waals surface area contributed by atoms with E-state index in [1.54, 1.807) is 0 Å². The molecular formula is C12H29N5S. The molecule has 0 fully saturated rings. The lowest BCUT2D eigenvalue weighted by atomic mass is 10.3. The third-order valence-electron chi connectivity index (χ3n) is 2.74. The molecule has 0 aromatic heterocycles. The summed E-state index contributed by atoms with van der Waals surface area (Å²) in [6.45, 7) is 6.09. The van der Waals surface area contributed by atoms with Crippen molar-refractivity contribution in [3.05, 3.63) is 0 Å². The van der Waals surface area contributed by atoms with Crippen molar-refractivity contribution in [2.24, 2.45) is 5.73 Å².